The average molecular weight is 966 g/mol. The Labute approximate surface area is 428 Å². The lowest BCUT2D eigenvalue weighted by molar-refractivity contribution is -0.167. The molecular formula is C63H112O6. The number of carbonyl (C=O) groups excluding carboxylic acids is 3. The number of esters is 3. The standard InChI is InChI=1S/C63H112O6/c1-4-7-10-13-16-18-20-22-24-25-26-27-28-29-30-31-32-33-34-35-36-37-38-39-40-42-43-45-47-50-53-56-62(65)68-59-60(58-67-61(64)55-52-49-15-12-9-6-3)69-63(66)57-54-51-48-46-44-41-23-21-19-17-14-11-8-5-2/h7,10,16,18,22,24,26-27,29-30,60H,4-6,8-9,11-15,17,19-21,23,25,28,31-59H2,1-3H3/b10-7-,18-16-,24-22-,27-26-,30-29-. The third-order valence-corrected chi connectivity index (χ3v) is 13.0. The maximum atomic E-state index is 12.8. The summed E-state index contributed by atoms with van der Waals surface area (Å²) in [5, 5.41) is 0. The van der Waals surface area contributed by atoms with Crippen LogP contribution in [0.2, 0.25) is 0 Å². The highest BCUT2D eigenvalue weighted by atomic mass is 16.6. The zero-order chi connectivity index (χ0) is 50.0. The number of hydrogen-bond donors (Lipinski definition) is 0. The minimum Gasteiger partial charge on any atom is -0.462 e. The highest BCUT2D eigenvalue weighted by Gasteiger charge is 2.19. The lowest BCUT2D eigenvalue weighted by Crippen LogP contribution is -2.30. The molecular weight excluding hydrogens is 853 g/mol. The van der Waals surface area contributed by atoms with Crippen LogP contribution < -0.4 is 0 Å². The second kappa shape index (κ2) is 57.7. The van der Waals surface area contributed by atoms with Crippen LogP contribution in [0.3, 0.4) is 0 Å². The monoisotopic (exact) mass is 965 g/mol. The Morgan fingerprint density at radius 2 is 0.565 bits per heavy atom. The zero-order valence-corrected chi connectivity index (χ0v) is 45.8. The van der Waals surface area contributed by atoms with Crippen LogP contribution >= 0.6 is 0 Å². The summed E-state index contributed by atoms with van der Waals surface area (Å²) in [6.45, 7) is 6.49. The van der Waals surface area contributed by atoms with Crippen LogP contribution in [0.15, 0.2) is 60.8 Å². The molecule has 400 valence electrons. The normalized spacial score (nSPS) is 12.4. The molecule has 0 heterocycles. The molecule has 0 aromatic carbocycles. The van der Waals surface area contributed by atoms with Crippen LogP contribution in [0.5, 0.6) is 0 Å². The van der Waals surface area contributed by atoms with Gasteiger partial charge in [0.2, 0.25) is 0 Å². The summed E-state index contributed by atoms with van der Waals surface area (Å²) in [5.41, 5.74) is 0. The number of unbranched alkanes of at least 4 members (excludes halogenated alkanes) is 33. The molecule has 0 bridgehead atoms. The van der Waals surface area contributed by atoms with Gasteiger partial charge in [-0.05, 0) is 64.2 Å². The van der Waals surface area contributed by atoms with Gasteiger partial charge in [0, 0.05) is 19.3 Å². The van der Waals surface area contributed by atoms with Crippen LogP contribution in [0, 0.1) is 0 Å². The van der Waals surface area contributed by atoms with E-state index in [0.29, 0.717) is 19.3 Å². The molecule has 0 saturated carbocycles. The van der Waals surface area contributed by atoms with E-state index < -0.39 is 6.10 Å². The van der Waals surface area contributed by atoms with Gasteiger partial charge in [0.05, 0.1) is 0 Å². The summed E-state index contributed by atoms with van der Waals surface area (Å²) in [6, 6.07) is 0. The van der Waals surface area contributed by atoms with Crippen molar-refractivity contribution >= 4 is 17.9 Å². The summed E-state index contributed by atoms with van der Waals surface area (Å²) in [5.74, 6) is -0.866. The molecule has 0 rings (SSSR count). The van der Waals surface area contributed by atoms with Crippen LogP contribution in [0.4, 0.5) is 0 Å². The van der Waals surface area contributed by atoms with Gasteiger partial charge in [0.25, 0.3) is 0 Å². The topological polar surface area (TPSA) is 78.9 Å². The van der Waals surface area contributed by atoms with Gasteiger partial charge in [-0.2, -0.15) is 0 Å². The fourth-order valence-electron chi connectivity index (χ4n) is 8.59. The van der Waals surface area contributed by atoms with E-state index in [-0.39, 0.29) is 31.1 Å². The predicted octanol–water partition coefficient (Wildman–Crippen LogP) is 20.0. The summed E-state index contributed by atoms with van der Waals surface area (Å²) >= 11 is 0. The van der Waals surface area contributed by atoms with Crippen molar-refractivity contribution < 1.29 is 28.6 Å². The van der Waals surface area contributed by atoms with Crippen molar-refractivity contribution in [2.75, 3.05) is 13.2 Å². The van der Waals surface area contributed by atoms with E-state index in [2.05, 4.69) is 81.5 Å². The van der Waals surface area contributed by atoms with Gasteiger partial charge < -0.3 is 14.2 Å². The van der Waals surface area contributed by atoms with Gasteiger partial charge in [-0.25, -0.2) is 0 Å². The van der Waals surface area contributed by atoms with Gasteiger partial charge in [-0.1, -0.05) is 281 Å². The summed E-state index contributed by atoms with van der Waals surface area (Å²) in [6.07, 6.45) is 72.6. The summed E-state index contributed by atoms with van der Waals surface area (Å²) < 4.78 is 16.8. The predicted molar refractivity (Wildman–Crippen MR) is 298 cm³/mol. The molecule has 1 unspecified atom stereocenters. The average Bonchev–Trinajstić information content (AvgIpc) is 3.35. The van der Waals surface area contributed by atoms with E-state index in [1.54, 1.807) is 0 Å². The number of hydrogen-bond acceptors (Lipinski definition) is 6. The van der Waals surface area contributed by atoms with E-state index in [4.69, 9.17) is 14.2 Å². The van der Waals surface area contributed by atoms with E-state index >= 15 is 0 Å². The molecule has 0 radical (unpaired) electrons. The van der Waals surface area contributed by atoms with Crippen molar-refractivity contribution in [1.29, 1.82) is 0 Å². The molecule has 0 N–H and O–H groups in total. The number of allylic oxidation sites excluding steroid dienone is 10. The fourth-order valence-corrected chi connectivity index (χ4v) is 8.59. The Morgan fingerprint density at radius 3 is 0.884 bits per heavy atom. The molecule has 0 aliphatic rings. The third-order valence-electron chi connectivity index (χ3n) is 13.0. The maximum Gasteiger partial charge on any atom is 0.306 e. The smallest absolute Gasteiger partial charge is 0.306 e. The second-order valence-electron chi connectivity index (χ2n) is 19.9. The Balaban J connectivity index is 3.99. The van der Waals surface area contributed by atoms with Crippen LogP contribution in [-0.4, -0.2) is 37.2 Å². The van der Waals surface area contributed by atoms with Crippen molar-refractivity contribution in [3.8, 4) is 0 Å². The lowest BCUT2D eigenvalue weighted by Gasteiger charge is -2.18. The molecule has 0 aliphatic heterocycles. The van der Waals surface area contributed by atoms with Crippen molar-refractivity contribution in [3.05, 3.63) is 60.8 Å². The van der Waals surface area contributed by atoms with Crippen molar-refractivity contribution in [3.63, 3.8) is 0 Å². The number of ether oxygens (including phenoxy) is 3. The van der Waals surface area contributed by atoms with E-state index in [9.17, 15) is 14.4 Å². The van der Waals surface area contributed by atoms with Crippen LogP contribution in [0.1, 0.15) is 303 Å². The summed E-state index contributed by atoms with van der Waals surface area (Å²) in [7, 11) is 0. The molecule has 0 saturated heterocycles. The summed E-state index contributed by atoms with van der Waals surface area (Å²) in [4.78, 5) is 37.8. The first-order chi connectivity index (χ1) is 34.0. The van der Waals surface area contributed by atoms with E-state index in [1.807, 2.05) is 0 Å². The van der Waals surface area contributed by atoms with Gasteiger partial charge in [0.15, 0.2) is 6.10 Å². The van der Waals surface area contributed by atoms with E-state index in [0.717, 1.165) is 89.9 Å². The third kappa shape index (κ3) is 55.9. The Morgan fingerprint density at radius 1 is 0.304 bits per heavy atom. The zero-order valence-electron chi connectivity index (χ0n) is 45.8. The molecule has 0 aliphatic carbocycles. The minimum atomic E-state index is -0.766. The molecule has 0 spiro atoms. The second-order valence-corrected chi connectivity index (χ2v) is 19.9. The molecule has 0 aromatic heterocycles. The first kappa shape index (κ1) is 66.1. The van der Waals surface area contributed by atoms with Crippen molar-refractivity contribution in [2.24, 2.45) is 0 Å². The SMILES string of the molecule is CC/C=C\C/C=C\C/C=C\C/C=C\C/C=C\CCCCCCCCCCCCCCCCCC(=O)OCC(COC(=O)CCCCCCCC)OC(=O)CCCCCCCCCCCCCCCC. The minimum absolute atomic E-state index is 0.0694. The number of rotatable bonds is 54. The first-order valence-electron chi connectivity index (χ1n) is 29.8. The molecule has 0 fully saturated rings. The highest BCUT2D eigenvalue weighted by molar-refractivity contribution is 5.71. The van der Waals surface area contributed by atoms with Gasteiger partial charge in [-0.3, -0.25) is 14.4 Å². The van der Waals surface area contributed by atoms with Gasteiger partial charge in [0.1, 0.15) is 13.2 Å². The molecule has 1 atom stereocenters. The highest BCUT2D eigenvalue weighted by Crippen LogP contribution is 2.17. The molecule has 6 nitrogen and oxygen atoms in total. The van der Waals surface area contributed by atoms with Crippen LogP contribution in [-0.2, 0) is 28.6 Å². The first-order valence-corrected chi connectivity index (χ1v) is 29.8. The van der Waals surface area contributed by atoms with E-state index in [1.165, 1.54) is 173 Å². The molecule has 6 heteroatoms. The molecule has 0 aromatic rings. The van der Waals surface area contributed by atoms with Crippen molar-refractivity contribution in [1.82, 2.24) is 0 Å². The Bertz CT molecular complexity index is 1250. The van der Waals surface area contributed by atoms with Gasteiger partial charge in [-0.15, -0.1) is 0 Å². The molecule has 0 amide bonds. The van der Waals surface area contributed by atoms with Crippen molar-refractivity contribution in [2.45, 2.75) is 309 Å². The van der Waals surface area contributed by atoms with Gasteiger partial charge >= 0.3 is 17.9 Å². The lowest BCUT2D eigenvalue weighted by atomic mass is 10.0. The largest absolute Gasteiger partial charge is 0.462 e. The molecule has 69 heavy (non-hydrogen) atoms. The maximum absolute atomic E-state index is 12.8. The van der Waals surface area contributed by atoms with Crippen LogP contribution in [0.25, 0.3) is 0 Å². The Hall–Kier alpha value is -2.89. The Kier molecular flexibility index (Phi) is 55.3. The fraction of sp³-hybridized carbons (Fsp3) is 0.794. The number of carbonyl (C=O) groups is 3. The quantitative estimate of drug-likeness (QED) is 0.0262.